The second-order valence-electron chi connectivity index (χ2n) is 5.91. The average Bonchev–Trinajstić information content (AvgIpc) is 2.87. The fourth-order valence-corrected chi connectivity index (χ4v) is 3.28. The molecule has 0 radical (unpaired) electrons. The maximum absolute atomic E-state index is 12.3. The lowest BCUT2D eigenvalue weighted by atomic mass is 9.76. The van der Waals surface area contributed by atoms with Crippen LogP contribution in [-0.2, 0) is 26.3 Å². The summed E-state index contributed by atoms with van der Waals surface area (Å²) in [5.74, 6) is -2.34. The van der Waals surface area contributed by atoms with Gasteiger partial charge in [0.15, 0.2) is 5.54 Å². The Hall–Kier alpha value is -2.90. The number of nitrogens with one attached hydrogen (secondary N) is 2. The molecule has 24 heavy (non-hydrogen) atoms. The molecule has 3 rings (SSSR count). The summed E-state index contributed by atoms with van der Waals surface area (Å²) < 4.78 is 0. The summed E-state index contributed by atoms with van der Waals surface area (Å²) in [6.07, 6.45) is 1.62. The molecule has 1 aromatic rings. The number of carboxylic acids is 1. The van der Waals surface area contributed by atoms with E-state index in [-0.39, 0.29) is 13.0 Å². The molecular formula is C16H17N3O5. The summed E-state index contributed by atoms with van der Waals surface area (Å²) in [6, 6.07) is 6.44. The lowest BCUT2D eigenvalue weighted by Gasteiger charge is -2.36. The Morgan fingerprint density at radius 3 is 2.71 bits per heavy atom. The van der Waals surface area contributed by atoms with Crippen molar-refractivity contribution in [2.45, 2.75) is 24.8 Å². The molecule has 1 atom stereocenters. The molecule has 0 bridgehead atoms. The van der Waals surface area contributed by atoms with Gasteiger partial charge in [0.1, 0.15) is 6.54 Å². The van der Waals surface area contributed by atoms with Crippen LogP contribution >= 0.6 is 0 Å². The molecule has 126 valence electrons. The molecule has 1 aliphatic carbocycles. The van der Waals surface area contributed by atoms with Crippen LogP contribution in [0.25, 0.3) is 0 Å². The van der Waals surface area contributed by atoms with E-state index in [0.29, 0.717) is 12.0 Å². The van der Waals surface area contributed by atoms with Crippen molar-refractivity contribution in [3.8, 4) is 0 Å². The Labute approximate surface area is 137 Å². The molecule has 1 unspecified atom stereocenters. The minimum absolute atomic E-state index is 0.154. The van der Waals surface area contributed by atoms with Crippen LogP contribution in [0, 0.1) is 0 Å². The monoisotopic (exact) mass is 331 g/mol. The van der Waals surface area contributed by atoms with Gasteiger partial charge in [-0.15, -0.1) is 0 Å². The highest BCUT2D eigenvalue weighted by molar-refractivity contribution is 6.05. The summed E-state index contributed by atoms with van der Waals surface area (Å²) in [6.45, 7) is -0.652. The number of benzene rings is 1. The first-order chi connectivity index (χ1) is 11.4. The number of carboxylic acid groups (broad SMARTS) is 1. The van der Waals surface area contributed by atoms with Gasteiger partial charge in [-0.3, -0.25) is 14.5 Å². The fraction of sp³-hybridized carbons (Fsp3) is 0.375. The van der Waals surface area contributed by atoms with Gasteiger partial charge in [0.2, 0.25) is 5.91 Å². The number of aryl methyl sites for hydroxylation is 1. The highest BCUT2D eigenvalue weighted by Crippen LogP contribution is 2.35. The molecule has 8 nitrogen and oxygen atoms in total. The van der Waals surface area contributed by atoms with Crippen molar-refractivity contribution in [2.75, 3.05) is 13.1 Å². The van der Waals surface area contributed by atoms with Gasteiger partial charge in [-0.25, -0.2) is 9.59 Å². The predicted molar refractivity (Wildman–Crippen MR) is 81.9 cm³/mol. The number of amides is 4. The smallest absolute Gasteiger partial charge is 0.334 e. The SMILES string of the molecule is O=C(CN1C(=O)CNC1=O)NC1(C(=O)O)CCCc2ccccc21. The largest absolute Gasteiger partial charge is 0.479 e. The highest BCUT2D eigenvalue weighted by atomic mass is 16.4. The number of imide groups is 1. The van der Waals surface area contributed by atoms with E-state index in [9.17, 15) is 24.3 Å². The Balaban J connectivity index is 1.85. The zero-order valence-corrected chi connectivity index (χ0v) is 12.9. The number of rotatable bonds is 4. The van der Waals surface area contributed by atoms with Crippen molar-refractivity contribution in [3.05, 3.63) is 35.4 Å². The topological polar surface area (TPSA) is 116 Å². The van der Waals surface area contributed by atoms with Crippen molar-refractivity contribution in [1.29, 1.82) is 0 Å². The van der Waals surface area contributed by atoms with E-state index in [1.165, 1.54) is 0 Å². The van der Waals surface area contributed by atoms with E-state index in [4.69, 9.17) is 0 Å². The van der Waals surface area contributed by atoms with E-state index >= 15 is 0 Å². The molecule has 3 N–H and O–H groups in total. The Morgan fingerprint density at radius 2 is 2.04 bits per heavy atom. The molecule has 0 saturated carbocycles. The minimum atomic E-state index is -1.54. The number of hydrogen-bond acceptors (Lipinski definition) is 4. The average molecular weight is 331 g/mol. The molecule has 0 spiro atoms. The van der Waals surface area contributed by atoms with E-state index in [0.717, 1.165) is 16.9 Å². The highest BCUT2D eigenvalue weighted by Gasteiger charge is 2.45. The summed E-state index contributed by atoms with van der Waals surface area (Å²) in [5, 5.41) is 14.6. The van der Waals surface area contributed by atoms with E-state index in [2.05, 4.69) is 10.6 Å². The van der Waals surface area contributed by atoms with Crippen LogP contribution < -0.4 is 10.6 Å². The standard InChI is InChI=1S/C16H17N3O5/c20-12(9-19-13(21)8-17-15(19)24)18-16(14(22)23)7-3-5-10-4-1-2-6-11(10)16/h1-2,4,6H,3,5,7-9H2,(H,17,24)(H,18,20)(H,22,23). The molecule has 1 saturated heterocycles. The summed E-state index contributed by atoms with van der Waals surface area (Å²) in [7, 11) is 0. The third kappa shape index (κ3) is 2.60. The molecule has 1 heterocycles. The van der Waals surface area contributed by atoms with Gasteiger partial charge < -0.3 is 15.7 Å². The number of urea groups is 1. The Kier molecular flexibility index (Phi) is 3.96. The third-order valence-corrected chi connectivity index (χ3v) is 4.43. The van der Waals surface area contributed by atoms with Gasteiger partial charge in [0, 0.05) is 0 Å². The van der Waals surface area contributed by atoms with Crippen molar-refractivity contribution in [2.24, 2.45) is 0 Å². The Morgan fingerprint density at radius 1 is 1.29 bits per heavy atom. The van der Waals surface area contributed by atoms with E-state index < -0.39 is 35.9 Å². The third-order valence-electron chi connectivity index (χ3n) is 4.43. The van der Waals surface area contributed by atoms with Crippen LogP contribution in [0.15, 0.2) is 24.3 Å². The van der Waals surface area contributed by atoms with Crippen LogP contribution in [0.4, 0.5) is 4.79 Å². The second kappa shape index (κ2) is 5.95. The van der Waals surface area contributed by atoms with Crippen molar-refractivity contribution in [1.82, 2.24) is 15.5 Å². The van der Waals surface area contributed by atoms with E-state index in [1.54, 1.807) is 12.1 Å². The van der Waals surface area contributed by atoms with Crippen LogP contribution in [0.2, 0.25) is 0 Å². The first-order valence-electron chi connectivity index (χ1n) is 7.65. The van der Waals surface area contributed by atoms with Gasteiger partial charge in [0.25, 0.3) is 5.91 Å². The quantitative estimate of drug-likeness (QED) is 0.670. The molecule has 2 aliphatic rings. The summed E-state index contributed by atoms with van der Waals surface area (Å²) >= 11 is 0. The number of carbonyl (C=O) groups is 4. The van der Waals surface area contributed by atoms with Gasteiger partial charge in [-0.1, -0.05) is 24.3 Å². The summed E-state index contributed by atoms with van der Waals surface area (Å²) in [4.78, 5) is 48.2. The molecule has 4 amide bonds. The lowest BCUT2D eigenvalue weighted by molar-refractivity contribution is -0.149. The minimum Gasteiger partial charge on any atom is -0.479 e. The van der Waals surface area contributed by atoms with Crippen LogP contribution in [0.3, 0.4) is 0 Å². The zero-order valence-electron chi connectivity index (χ0n) is 12.9. The number of nitrogens with zero attached hydrogens (tertiary/aromatic N) is 1. The molecular weight excluding hydrogens is 314 g/mol. The fourth-order valence-electron chi connectivity index (χ4n) is 3.28. The first kappa shape index (κ1) is 16.0. The van der Waals surface area contributed by atoms with Crippen LogP contribution in [0.1, 0.15) is 24.0 Å². The van der Waals surface area contributed by atoms with Gasteiger partial charge in [-0.05, 0) is 30.4 Å². The van der Waals surface area contributed by atoms with Crippen LogP contribution in [0.5, 0.6) is 0 Å². The van der Waals surface area contributed by atoms with Gasteiger partial charge in [0.05, 0.1) is 6.54 Å². The van der Waals surface area contributed by atoms with Crippen molar-refractivity contribution >= 4 is 23.8 Å². The molecule has 8 heteroatoms. The Bertz CT molecular complexity index is 716. The number of aliphatic carboxylic acids is 1. The predicted octanol–water partition coefficient (Wildman–Crippen LogP) is -0.0292. The molecule has 1 aromatic carbocycles. The molecule has 1 fully saturated rings. The maximum Gasteiger partial charge on any atom is 0.334 e. The number of hydrogen-bond donors (Lipinski definition) is 3. The van der Waals surface area contributed by atoms with Crippen molar-refractivity contribution < 1.29 is 24.3 Å². The van der Waals surface area contributed by atoms with Crippen LogP contribution in [-0.4, -0.2) is 46.9 Å². The maximum atomic E-state index is 12.3. The first-order valence-corrected chi connectivity index (χ1v) is 7.65. The second-order valence-corrected chi connectivity index (χ2v) is 5.91. The zero-order chi connectivity index (χ0) is 17.3. The van der Waals surface area contributed by atoms with E-state index in [1.807, 2.05) is 12.1 Å². The summed E-state index contributed by atoms with van der Waals surface area (Å²) in [5.41, 5.74) is -0.110. The number of carbonyl (C=O) groups excluding carboxylic acids is 3. The lowest BCUT2D eigenvalue weighted by Crippen LogP contribution is -2.56. The molecule has 0 aromatic heterocycles. The van der Waals surface area contributed by atoms with Crippen molar-refractivity contribution in [3.63, 3.8) is 0 Å². The normalized spacial score (nSPS) is 22.8. The van der Waals surface area contributed by atoms with Gasteiger partial charge in [-0.2, -0.15) is 0 Å². The number of fused-ring (bicyclic) bond motifs is 1. The van der Waals surface area contributed by atoms with Gasteiger partial charge >= 0.3 is 12.0 Å². The molecule has 1 aliphatic heterocycles.